The number of pyridine rings is 4. The highest BCUT2D eigenvalue weighted by atomic mass is 15.2. The van der Waals surface area contributed by atoms with E-state index in [9.17, 15) is 0 Å². The van der Waals surface area contributed by atoms with E-state index < -0.39 is 0 Å². The first kappa shape index (κ1) is 48.1. The largest absolute Gasteiger partial charge is 0.310 e. The third-order valence-electron chi connectivity index (χ3n) is 15.7. The third-order valence-corrected chi connectivity index (χ3v) is 15.7. The lowest BCUT2D eigenvalue weighted by Gasteiger charge is -2.42. The molecule has 8 heterocycles. The summed E-state index contributed by atoms with van der Waals surface area (Å²) in [6, 6.07) is 72.5. The number of aromatic nitrogens is 8. The summed E-state index contributed by atoms with van der Waals surface area (Å²) in [5.74, 6) is 1.02. The van der Waals surface area contributed by atoms with E-state index in [4.69, 9.17) is 29.9 Å². The molecule has 6 aromatic carbocycles. The van der Waals surface area contributed by atoms with E-state index in [1.165, 1.54) is 22.3 Å². The number of nitrogens with zero attached hydrogens (tertiary/aromatic N) is 10. The van der Waals surface area contributed by atoms with Crippen molar-refractivity contribution in [3.8, 4) is 79.2 Å². The smallest absolute Gasteiger partial charge is 0.179 e. The van der Waals surface area contributed by atoms with Crippen molar-refractivity contribution in [3.05, 3.63) is 266 Å². The Morgan fingerprint density at radius 3 is 0.963 bits per heavy atom. The molecule has 0 saturated heterocycles. The summed E-state index contributed by atoms with van der Waals surface area (Å²) in [6.07, 6.45) is 10.8. The molecule has 6 aromatic heterocycles. The molecular formula is C70H52N10. The maximum atomic E-state index is 5.38. The van der Waals surface area contributed by atoms with Gasteiger partial charge in [0.05, 0.1) is 45.5 Å². The highest BCUT2D eigenvalue weighted by Gasteiger charge is 2.38. The second-order valence-corrected chi connectivity index (χ2v) is 21.4. The molecular weight excluding hydrogens is 981 g/mol. The fourth-order valence-corrected chi connectivity index (χ4v) is 11.7. The number of benzene rings is 6. The van der Waals surface area contributed by atoms with Gasteiger partial charge in [-0.1, -0.05) is 113 Å². The van der Waals surface area contributed by atoms with Crippen molar-refractivity contribution in [1.82, 2.24) is 39.9 Å². The van der Waals surface area contributed by atoms with Crippen LogP contribution in [-0.4, -0.2) is 39.9 Å². The number of anilines is 6. The average Bonchev–Trinajstić information content (AvgIpc) is 3.66. The summed E-state index contributed by atoms with van der Waals surface area (Å²) in [6.45, 7) is 9.28. The van der Waals surface area contributed by atoms with Gasteiger partial charge in [0.25, 0.3) is 0 Å². The van der Waals surface area contributed by atoms with Crippen LogP contribution in [0.4, 0.5) is 34.1 Å². The molecule has 382 valence electrons. The minimum Gasteiger partial charge on any atom is -0.310 e. The molecule has 0 spiro atoms. The molecule has 12 aromatic rings. The van der Waals surface area contributed by atoms with Gasteiger partial charge in [-0.2, -0.15) is 0 Å². The molecule has 0 fully saturated rings. The second kappa shape index (κ2) is 19.3. The molecule has 10 heteroatoms. The van der Waals surface area contributed by atoms with Crippen LogP contribution < -0.4 is 9.80 Å². The molecule has 2 aliphatic rings. The van der Waals surface area contributed by atoms with Gasteiger partial charge in [-0.25, -0.2) is 19.9 Å². The summed E-state index contributed by atoms with van der Waals surface area (Å²) in [5, 5.41) is 0. The average molecular weight is 1030 g/mol. The van der Waals surface area contributed by atoms with Gasteiger partial charge in [-0.05, 0) is 155 Å². The molecule has 0 aliphatic carbocycles. The lowest BCUT2D eigenvalue weighted by molar-refractivity contribution is 0.631. The van der Waals surface area contributed by atoms with E-state index in [2.05, 4.69) is 193 Å². The van der Waals surface area contributed by atoms with Crippen molar-refractivity contribution >= 4 is 34.1 Å². The van der Waals surface area contributed by atoms with Crippen molar-refractivity contribution < 1.29 is 0 Å². The monoisotopic (exact) mass is 1030 g/mol. The topological polar surface area (TPSA) is 110 Å². The molecule has 0 unspecified atom stereocenters. The summed E-state index contributed by atoms with van der Waals surface area (Å²) in [4.78, 5) is 44.4. The predicted molar refractivity (Wildman–Crippen MR) is 320 cm³/mol. The van der Waals surface area contributed by atoms with Crippen LogP contribution in [0.5, 0.6) is 0 Å². The Morgan fingerprint density at radius 1 is 0.287 bits per heavy atom. The van der Waals surface area contributed by atoms with E-state index in [0.29, 0.717) is 23.0 Å². The summed E-state index contributed by atoms with van der Waals surface area (Å²) in [7, 11) is 0. The molecule has 0 bridgehead atoms. The Bertz CT molecular complexity index is 3820. The Hall–Kier alpha value is -10.3. The van der Waals surface area contributed by atoms with Gasteiger partial charge in [-0.15, -0.1) is 0 Å². The van der Waals surface area contributed by atoms with Gasteiger partial charge < -0.3 is 9.80 Å². The minimum absolute atomic E-state index is 0.272. The van der Waals surface area contributed by atoms with Crippen LogP contribution >= 0.6 is 0 Å². The van der Waals surface area contributed by atoms with E-state index >= 15 is 0 Å². The Morgan fingerprint density at radius 2 is 0.625 bits per heavy atom. The van der Waals surface area contributed by atoms with E-state index in [1.807, 2.05) is 73.1 Å². The summed E-state index contributed by atoms with van der Waals surface area (Å²) < 4.78 is 0. The molecule has 10 nitrogen and oxygen atoms in total. The van der Waals surface area contributed by atoms with E-state index in [0.717, 1.165) is 90.3 Å². The van der Waals surface area contributed by atoms with Crippen LogP contribution in [0.3, 0.4) is 0 Å². The van der Waals surface area contributed by atoms with Crippen LogP contribution in [0.15, 0.2) is 243 Å². The number of hydrogen-bond acceptors (Lipinski definition) is 10. The van der Waals surface area contributed by atoms with Crippen molar-refractivity contribution in [2.45, 2.75) is 38.5 Å². The van der Waals surface area contributed by atoms with Gasteiger partial charge in [-0.3, -0.25) is 19.9 Å². The van der Waals surface area contributed by atoms with Crippen molar-refractivity contribution in [3.63, 3.8) is 0 Å². The Balaban J connectivity index is 1.07. The Labute approximate surface area is 465 Å². The van der Waals surface area contributed by atoms with Gasteiger partial charge in [0.1, 0.15) is 11.4 Å². The van der Waals surface area contributed by atoms with Crippen LogP contribution in [0.25, 0.3) is 79.2 Å². The first-order valence-corrected chi connectivity index (χ1v) is 26.9. The van der Waals surface area contributed by atoms with E-state index in [-0.39, 0.29) is 10.8 Å². The summed E-state index contributed by atoms with van der Waals surface area (Å²) >= 11 is 0. The lowest BCUT2D eigenvalue weighted by atomic mass is 9.73. The predicted octanol–water partition coefficient (Wildman–Crippen LogP) is 16.7. The van der Waals surface area contributed by atoms with E-state index in [1.54, 1.807) is 24.8 Å². The SMILES string of the molecule is CC1(C)c2ccccc2N(c2cc(-c3cc(-c4cc(-c5cccnc5)nc(-c5ccccn5)n4)cc(N4c5ccccc5C(C)(C)c5ccccc54)c3)cc(-c3cc(-c4cccnc4)nc(-c4ccccn4)n3)c2)c2ccccc21. The van der Waals surface area contributed by atoms with Crippen LogP contribution in [-0.2, 0) is 10.8 Å². The molecule has 80 heavy (non-hydrogen) atoms. The maximum absolute atomic E-state index is 5.38. The normalized spacial score (nSPS) is 13.7. The van der Waals surface area contributed by atoms with Gasteiger partial charge in [0.15, 0.2) is 11.6 Å². The molecule has 14 rings (SSSR count). The van der Waals surface area contributed by atoms with Crippen molar-refractivity contribution in [2.24, 2.45) is 0 Å². The molecule has 2 aliphatic heterocycles. The Kier molecular flexibility index (Phi) is 11.6. The highest BCUT2D eigenvalue weighted by Crippen LogP contribution is 2.55. The molecule has 0 N–H and O–H groups in total. The zero-order valence-electron chi connectivity index (χ0n) is 44.6. The summed E-state index contributed by atoms with van der Waals surface area (Å²) in [5.41, 5.74) is 20.5. The lowest BCUT2D eigenvalue weighted by Crippen LogP contribution is -2.30. The molecule has 0 atom stereocenters. The number of rotatable bonds is 9. The zero-order chi connectivity index (χ0) is 54.0. The number of fused-ring (bicyclic) bond motifs is 4. The first-order chi connectivity index (χ1) is 39.2. The molecule has 0 saturated carbocycles. The van der Waals surface area contributed by atoms with Crippen LogP contribution in [0.1, 0.15) is 49.9 Å². The van der Waals surface area contributed by atoms with Crippen molar-refractivity contribution in [1.29, 1.82) is 0 Å². The fraction of sp³-hybridized carbons (Fsp3) is 0.0857. The van der Waals surface area contributed by atoms with Gasteiger partial charge in [0, 0.05) is 81.6 Å². The number of para-hydroxylation sites is 4. The van der Waals surface area contributed by atoms with Crippen molar-refractivity contribution in [2.75, 3.05) is 9.80 Å². The van der Waals surface area contributed by atoms with Crippen LogP contribution in [0, 0.1) is 0 Å². The number of hydrogen-bond donors (Lipinski definition) is 0. The molecule has 0 amide bonds. The van der Waals surface area contributed by atoms with Crippen LogP contribution in [0.2, 0.25) is 0 Å². The zero-order valence-corrected chi connectivity index (χ0v) is 44.6. The first-order valence-electron chi connectivity index (χ1n) is 26.9. The standard InChI is InChI=1S/C70H52N10/c1-69(2)53-21-5-9-27-63(53)79(64-28-10-6-22-54(64)69)51-37-47(35-49(39-51)61-41-59(45-19-17-31-71-43-45)75-67(77-61)57-25-13-15-33-73-57)48-36-50(62-42-60(46-20-18-32-72-44-46)76-68(78-62)58-26-14-16-34-74-58)40-52(38-48)80-65-29-11-7-23-55(65)70(3,4)56-24-8-12-30-66(56)80/h5-44H,1-4H3. The second-order valence-electron chi connectivity index (χ2n) is 21.4. The fourth-order valence-electron chi connectivity index (χ4n) is 11.7. The highest BCUT2D eigenvalue weighted by molar-refractivity contribution is 5.93. The third kappa shape index (κ3) is 8.36. The maximum Gasteiger partial charge on any atom is 0.179 e. The molecule has 0 radical (unpaired) electrons. The quantitative estimate of drug-likeness (QED) is 0.139. The minimum atomic E-state index is -0.272. The van der Waals surface area contributed by atoms with Gasteiger partial charge in [0.2, 0.25) is 0 Å². The van der Waals surface area contributed by atoms with Gasteiger partial charge >= 0.3 is 0 Å².